The Bertz CT molecular complexity index is 1210. The third-order valence-corrected chi connectivity index (χ3v) is 7.53. The van der Waals surface area contributed by atoms with Crippen LogP contribution in [-0.4, -0.2) is 88.5 Å². The molecule has 0 saturated heterocycles. The van der Waals surface area contributed by atoms with Gasteiger partial charge in [-0.3, -0.25) is 9.80 Å². The molecule has 0 radical (unpaired) electrons. The Morgan fingerprint density at radius 3 is 1.14 bits per heavy atom. The number of nitrogens with one attached hydrogen (secondary N) is 3. The van der Waals surface area contributed by atoms with Crippen LogP contribution in [0.15, 0.2) is 78.1 Å². The topological polar surface area (TPSA) is 215 Å². The normalized spacial score (nSPS) is 19.4. The van der Waals surface area contributed by atoms with Gasteiger partial charge in [0.1, 0.15) is 37.1 Å². The van der Waals surface area contributed by atoms with Crippen LogP contribution in [0, 0.1) is 20.4 Å². The maximum atomic E-state index is 8.49. The predicted molar refractivity (Wildman–Crippen MR) is 173 cm³/mol. The summed E-state index contributed by atoms with van der Waals surface area (Å²) in [6.07, 6.45) is 0. The summed E-state index contributed by atoms with van der Waals surface area (Å²) in [5.41, 5.74) is 3.72. The van der Waals surface area contributed by atoms with Crippen molar-refractivity contribution in [2.75, 3.05) is 78.7 Å². The van der Waals surface area contributed by atoms with Gasteiger partial charge in [0, 0.05) is 78.5 Å². The number of hydrogen-bond acceptors (Lipinski definition) is 15. The summed E-state index contributed by atoms with van der Waals surface area (Å²) < 4.78 is 52.5. The minimum atomic E-state index is -4.94. The van der Waals surface area contributed by atoms with Crippen molar-refractivity contribution < 1.29 is 62.6 Å². The Balaban J connectivity index is 0.000000872. The van der Waals surface area contributed by atoms with Crippen LogP contribution >= 0.6 is 0 Å². The molecule has 6 rings (SSSR count). The monoisotopic (exact) mass is 768 g/mol. The quantitative estimate of drug-likeness (QED) is 0.137. The molecule has 0 saturated carbocycles. The smallest absolute Gasteiger partial charge is 0.492 e. The standard InChI is InChI=1S/C33H45N5O3.ClHO4.HNO2.Zn/c1-4-28-22-31(7-1)39-19-16-38-17-20-40-32-8-2-5-29(23-32)26-35-11-14-37(13-10-34-25-28)15-12-36-27-30-6-3-9-33(24-30)41-21-18-38;2-1(3,4)5;2-1-3;/h1-9,22-24,34-36H,10-21,25-27H2;(H,2,3,4,5);(H,2,3);/q;;;+2/p-2. The fraction of sp³-hybridized carbons (Fsp3) is 0.455. The number of fused-ring (bicyclic) bond motifs is 15. The van der Waals surface area contributed by atoms with Crippen molar-refractivity contribution in [3.8, 4) is 17.2 Å². The number of rotatable bonds is 0. The van der Waals surface area contributed by atoms with Crippen LogP contribution in [0.25, 0.3) is 0 Å². The van der Waals surface area contributed by atoms with Crippen molar-refractivity contribution in [2.24, 2.45) is 5.34 Å². The minimum Gasteiger partial charge on any atom is -0.492 e. The van der Waals surface area contributed by atoms with E-state index in [0.717, 1.165) is 101 Å². The van der Waals surface area contributed by atoms with Crippen LogP contribution in [0.5, 0.6) is 17.2 Å². The van der Waals surface area contributed by atoms with Crippen LogP contribution in [0.3, 0.4) is 0 Å². The molecular weight excluding hydrogens is 725 g/mol. The number of halogens is 1. The Hall–Kier alpha value is -2.99. The second-order valence-corrected chi connectivity index (χ2v) is 11.9. The zero-order valence-electron chi connectivity index (χ0n) is 28.1. The summed E-state index contributed by atoms with van der Waals surface area (Å²) >= 11 is 0. The fourth-order valence-corrected chi connectivity index (χ4v) is 5.19. The molecule has 17 heteroatoms. The van der Waals surface area contributed by atoms with E-state index in [4.69, 9.17) is 43.0 Å². The van der Waals surface area contributed by atoms with Crippen LogP contribution in [-0.2, 0) is 39.1 Å². The molecule has 3 aliphatic heterocycles. The molecule has 0 aliphatic carbocycles. The molecule has 3 aromatic rings. The maximum absolute atomic E-state index is 8.49. The van der Waals surface area contributed by atoms with E-state index in [-0.39, 0.29) is 19.5 Å². The third kappa shape index (κ3) is 20.0. The van der Waals surface area contributed by atoms with E-state index in [1.165, 1.54) is 16.7 Å². The Kier molecular flexibility index (Phi) is 21.6. The molecule has 0 amide bonds. The second-order valence-electron chi connectivity index (χ2n) is 11.2. The van der Waals surface area contributed by atoms with Gasteiger partial charge in [-0.2, -0.15) is 0 Å². The number of benzene rings is 3. The van der Waals surface area contributed by atoms with Gasteiger partial charge in [-0.15, -0.1) is 15.6 Å². The zero-order valence-corrected chi connectivity index (χ0v) is 31.9. The molecule has 0 aromatic heterocycles. The van der Waals surface area contributed by atoms with Crippen LogP contribution in [0.1, 0.15) is 16.7 Å². The molecule has 0 spiro atoms. The first-order valence-corrected chi connectivity index (χ1v) is 17.2. The average Bonchev–Trinajstić information content (AvgIpc) is 3.06. The van der Waals surface area contributed by atoms with Crippen molar-refractivity contribution in [3.05, 3.63) is 99.6 Å². The van der Waals surface area contributed by atoms with Crippen molar-refractivity contribution >= 4 is 0 Å². The Morgan fingerprint density at radius 1 is 0.560 bits per heavy atom. The van der Waals surface area contributed by atoms with Gasteiger partial charge in [0.25, 0.3) is 0 Å². The van der Waals surface area contributed by atoms with E-state index in [1.807, 2.05) is 18.2 Å². The molecule has 270 valence electrons. The fourth-order valence-electron chi connectivity index (χ4n) is 5.19. The van der Waals surface area contributed by atoms with E-state index in [2.05, 4.69) is 80.3 Å². The van der Waals surface area contributed by atoms with Crippen molar-refractivity contribution in [3.63, 3.8) is 0 Å². The van der Waals surface area contributed by atoms with Crippen molar-refractivity contribution in [1.82, 2.24) is 25.8 Å². The third-order valence-electron chi connectivity index (χ3n) is 7.53. The zero-order chi connectivity index (χ0) is 35.2. The largest absolute Gasteiger partial charge is 2.00 e. The maximum Gasteiger partial charge on any atom is 2.00 e. The molecule has 3 aromatic carbocycles. The van der Waals surface area contributed by atoms with Crippen molar-refractivity contribution in [2.45, 2.75) is 19.6 Å². The number of nitrogens with zero attached hydrogens (tertiary/aromatic N) is 3. The predicted octanol–water partition coefficient (Wildman–Crippen LogP) is -1.38. The SMILES string of the molecule is O=N[O-].[O-][Cl+3]([O-])([O-])[O-].[Zn+2].c1cc2cc(c1)OCCN1CCOc3cccc(c3)CNCCN(CCNC2)CCNCc2cccc(c2)OCC1. The summed E-state index contributed by atoms with van der Waals surface area (Å²) in [6.45, 7) is 12.4. The molecule has 0 fully saturated rings. The second kappa shape index (κ2) is 25.0. The van der Waals surface area contributed by atoms with Gasteiger partial charge in [-0.1, -0.05) is 36.4 Å². The van der Waals surface area contributed by atoms with E-state index < -0.39 is 10.2 Å². The first kappa shape index (κ1) is 43.2. The van der Waals surface area contributed by atoms with E-state index in [9.17, 15) is 0 Å². The summed E-state index contributed by atoms with van der Waals surface area (Å²) in [4.78, 5) is 12.9. The van der Waals surface area contributed by atoms with E-state index in [1.54, 1.807) is 0 Å². The Morgan fingerprint density at radius 2 is 0.840 bits per heavy atom. The van der Waals surface area contributed by atoms with E-state index >= 15 is 0 Å². The van der Waals surface area contributed by atoms with Gasteiger partial charge in [-0.25, -0.2) is 18.6 Å². The Labute approximate surface area is 307 Å². The van der Waals surface area contributed by atoms with Gasteiger partial charge in [0.2, 0.25) is 0 Å². The molecule has 3 heterocycles. The molecule has 3 aliphatic rings. The van der Waals surface area contributed by atoms with Gasteiger partial charge in [0.15, 0.2) is 0 Å². The van der Waals surface area contributed by atoms with Crippen LogP contribution in [0.2, 0.25) is 0 Å². The average molecular weight is 771 g/mol. The summed E-state index contributed by atoms with van der Waals surface area (Å²) in [5.74, 6) is 2.73. The van der Waals surface area contributed by atoms with Gasteiger partial charge >= 0.3 is 19.5 Å². The molecule has 0 unspecified atom stereocenters. The number of ether oxygens (including phenoxy) is 3. The van der Waals surface area contributed by atoms with E-state index in [0.29, 0.717) is 19.8 Å². The van der Waals surface area contributed by atoms with Crippen LogP contribution < -0.4 is 48.8 Å². The first-order valence-electron chi connectivity index (χ1n) is 16.0. The number of hydrogen-bond donors (Lipinski definition) is 3. The molecule has 50 heavy (non-hydrogen) atoms. The molecule has 8 bridgehead atoms. The van der Waals surface area contributed by atoms with Gasteiger partial charge in [-0.05, 0) is 53.1 Å². The van der Waals surface area contributed by atoms with Crippen molar-refractivity contribution in [1.29, 1.82) is 0 Å². The summed E-state index contributed by atoms with van der Waals surface area (Å²) in [7, 11) is -4.94. The summed E-state index contributed by atoms with van der Waals surface area (Å²) in [5, 5.41) is 19.9. The van der Waals surface area contributed by atoms with Crippen LogP contribution in [0.4, 0.5) is 0 Å². The molecule has 15 nitrogen and oxygen atoms in total. The molecule has 3 N–H and O–H groups in total. The minimum absolute atomic E-state index is 0. The molecule has 0 atom stereocenters. The first-order chi connectivity index (χ1) is 23.7. The molecular formula is C33H45ClN6O9Zn. The summed E-state index contributed by atoms with van der Waals surface area (Å²) in [6, 6.07) is 25.3. The van der Waals surface area contributed by atoms with Gasteiger partial charge in [0.05, 0.1) is 0 Å². The van der Waals surface area contributed by atoms with Gasteiger partial charge < -0.3 is 40.3 Å².